The lowest BCUT2D eigenvalue weighted by Gasteiger charge is -2.11. The van der Waals surface area contributed by atoms with Crippen molar-refractivity contribution in [3.8, 4) is 0 Å². The molecular formula is C18H21N5O. The summed E-state index contributed by atoms with van der Waals surface area (Å²) in [6, 6.07) is 9.62. The third-order valence-corrected chi connectivity index (χ3v) is 3.69. The van der Waals surface area contributed by atoms with Crippen molar-refractivity contribution in [3.05, 3.63) is 53.7 Å². The molecule has 1 aromatic carbocycles. The van der Waals surface area contributed by atoms with Crippen molar-refractivity contribution in [2.24, 2.45) is 13.0 Å². The molecule has 124 valence electrons. The molecule has 1 amide bonds. The van der Waals surface area contributed by atoms with E-state index in [9.17, 15) is 4.79 Å². The SMILES string of the molecule is CC(C)Cc1cc(C(=O)NCc2ncn(C)n2)c2ccccc2n1. The van der Waals surface area contributed by atoms with Crippen LogP contribution < -0.4 is 5.32 Å². The fourth-order valence-corrected chi connectivity index (χ4v) is 2.66. The van der Waals surface area contributed by atoms with E-state index in [4.69, 9.17) is 0 Å². The molecule has 2 heterocycles. The van der Waals surface area contributed by atoms with E-state index in [0.717, 1.165) is 23.0 Å². The van der Waals surface area contributed by atoms with Gasteiger partial charge in [0.2, 0.25) is 0 Å². The number of nitrogens with one attached hydrogen (secondary N) is 1. The summed E-state index contributed by atoms with van der Waals surface area (Å²) < 4.78 is 1.62. The number of aryl methyl sites for hydroxylation is 1. The first-order chi connectivity index (χ1) is 11.5. The number of fused-ring (bicyclic) bond motifs is 1. The minimum atomic E-state index is -0.133. The number of aromatic nitrogens is 4. The summed E-state index contributed by atoms with van der Waals surface area (Å²) in [5.74, 6) is 0.935. The van der Waals surface area contributed by atoms with Gasteiger partial charge in [-0.2, -0.15) is 5.10 Å². The highest BCUT2D eigenvalue weighted by Crippen LogP contribution is 2.20. The van der Waals surface area contributed by atoms with Gasteiger partial charge in [-0.15, -0.1) is 0 Å². The normalized spacial score (nSPS) is 11.2. The molecule has 24 heavy (non-hydrogen) atoms. The van der Waals surface area contributed by atoms with Crippen LogP contribution in [0.5, 0.6) is 0 Å². The molecule has 2 aromatic heterocycles. The average Bonchev–Trinajstić information content (AvgIpc) is 2.96. The number of para-hydroxylation sites is 1. The van der Waals surface area contributed by atoms with Crippen LogP contribution in [-0.4, -0.2) is 25.7 Å². The third-order valence-electron chi connectivity index (χ3n) is 3.69. The van der Waals surface area contributed by atoms with Crippen LogP contribution in [0.3, 0.4) is 0 Å². The van der Waals surface area contributed by atoms with E-state index in [2.05, 4.69) is 34.2 Å². The fourth-order valence-electron chi connectivity index (χ4n) is 2.66. The lowest BCUT2D eigenvalue weighted by molar-refractivity contribution is 0.0951. The van der Waals surface area contributed by atoms with Crippen LogP contribution in [0.1, 0.15) is 35.7 Å². The van der Waals surface area contributed by atoms with E-state index in [1.54, 1.807) is 18.1 Å². The predicted molar refractivity (Wildman–Crippen MR) is 92.5 cm³/mol. The van der Waals surface area contributed by atoms with E-state index >= 15 is 0 Å². The predicted octanol–water partition coefficient (Wildman–Crippen LogP) is 2.49. The molecule has 0 spiro atoms. The molecule has 6 heteroatoms. The van der Waals surface area contributed by atoms with E-state index in [1.165, 1.54) is 0 Å². The number of benzene rings is 1. The Kier molecular flexibility index (Phi) is 4.55. The molecule has 0 aliphatic rings. The number of hydrogen-bond donors (Lipinski definition) is 1. The van der Waals surface area contributed by atoms with Gasteiger partial charge in [0.05, 0.1) is 17.6 Å². The summed E-state index contributed by atoms with van der Waals surface area (Å²) in [5.41, 5.74) is 2.42. The van der Waals surface area contributed by atoms with Crippen LogP contribution in [0, 0.1) is 5.92 Å². The lowest BCUT2D eigenvalue weighted by atomic mass is 10.0. The quantitative estimate of drug-likeness (QED) is 0.783. The molecule has 0 saturated carbocycles. The summed E-state index contributed by atoms with van der Waals surface area (Å²) in [5, 5.41) is 7.93. The Bertz CT molecular complexity index is 869. The maximum absolute atomic E-state index is 12.7. The van der Waals surface area contributed by atoms with Gasteiger partial charge in [0.25, 0.3) is 5.91 Å². The van der Waals surface area contributed by atoms with Gasteiger partial charge in [-0.25, -0.2) is 4.98 Å². The fraction of sp³-hybridized carbons (Fsp3) is 0.333. The van der Waals surface area contributed by atoms with Gasteiger partial charge in [-0.05, 0) is 24.5 Å². The first-order valence-electron chi connectivity index (χ1n) is 8.04. The Morgan fingerprint density at radius 2 is 2.08 bits per heavy atom. The van der Waals surface area contributed by atoms with Gasteiger partial charge >= 0.3 is 0 Å². The summed E-state index contributed by atoms with van der Waals surface area (Å²) >= 11 is 0. The smallest absolute Gasteiger partial charge is 0.252 e. The minimum Gasteiger partial charge on any atom is -0.345 e. The Morgan fingerprint density at radius 3 is 2.79 bits per heavy atom. The topological polar surface area (TPSA) is 72.7 Å². The molecule has 0 saturated heterocycles. The number of carbonyl (C=O) groups is 1. The molecule has 0 atom stereocenters. The second kappa shape index (κ2) is 6.78. The zero-order valence-corrected chi connectivity index (χ0v) is 14.2. The highest BCUT2D eigenvalue weighted by Gasteiger charge is 2.14. The van der Waals surface area contributed by atoms with Crippen molar-refractivity contribution in [2.75, 3.05) is 0 Å². The molecule has 0 fully saturated rings. The molecule has 0 aliphatic heterocycles. The van der Waals surface area contributed by atoms with Gasteiger partial charge in [0.1, 0.15) is 6.33 Å². The van der Waals surface area contributed by atoms with Crippen LogP contribution in [0.15, 0.2) is 36.7 Å². The number of hydrogen-bond acceptors (Lipinski definition) is 4. The molecule has 3 rings (SSSR count). The largest absolute Gasteiger partial charge is 0.345 e. The van der Waals surface area contributed by atoms with Gasteiger partial charge in [0, 0.05) is 18.1 Å². The number of pyridine rings is 1. The summed E-state index contributed by atoms with van der Waals surface area (Å²) in [7, 11) is 1.80. The zero-order chi connectivity index (χ0) is 17.1. The second-order valence-corrected chi connectivity index (χ2v) is 6.29. The zero-order valence-electron chi connectivity index (χ0n) is 14.2. The third kappa shape index (κ3) is 3.59. The Balaban J connectivity index is 1.89. The van der Waals surface area contributed by atoms with Gasteiger partial charge in [-0.3, -0.25) is 14.5 Å². The van der Waals surface area contributed by atoms with Gasteiger partial charge in [0.15, 0.2) is 5.82 Å². The van der Waals surface area contributed by atoms with Crippen molar-refractivity contribution < 1.29 is 4.79 Å². The van der Waals surface area contributed by atoms with E-state index < -0.39 is 0 Å². The van der Waals surface area contributed by atoms with Crippen LogP contribution in [0.4, 0.5) is 0 Å². The standard InChI is InChI=1S/C18H21N5O/c1-12(2)8-13-9-15(14-6-4-5-7-16(14)21-13)18(24)19-10-17-20-11-23(3)22-17/h4-7,9,11-12H,8,10H2,1-3H3,(H,19,24). The number of amides is 1. The Labute approximate surface area is 140 Å². The van der Waals surface area contributed by atoms with Crippen LogP contribution in [-0.2, 0) is 20.0 Å². The van der Waals surface area contributed by atoms with E-state index in [1.807, 2.05) is 30.3 Å². The first kappa shape index (κ1) is 16.1. The van der Waals surface area contributed by atoms with Crippen LogP contribution >= 0.6 is 0 Å². The highest BCUT2D eigenvalue weighted by atomic mass is 16.1. The number of rotatable bonds is 5. The van der Waals surface area contributed by atoms with Crippen molar-refractivity contribution in [3.63, 3.8) is 0 Å². The highest BCUT2D eigenvalue weighted by molar-refractivity contribution is 6.06. The van der Waals surface area contributed by atoms with E-state index in [0.29, 0.717) is 23.9 Å². The maximum Gasteiger partial charge on any atom is 0.252 e. The monoisotopic (exact) mass is 323 g/mol. The Morgan fingerprint density at radius 1 is 1.29 bits per heavy atom. The minimum absolute atomic E-state index is 0.133. The van der Waals surface area contributed by atoms with Crippen molar-refractivity contribution in [1.82, 2.24) is 25.1 Å². The lowest BCUT2D eigenvalue weighted by Crippen LogP contribution is -2.24. The molecule has 0 radical (unpaired) electrons. The van der Waals surface area contributed by atoms with Crippen LogP contribution in [0.2, 0.25) is 0 Å². The molecule has 0 unspecified atom stereocenters. The molecule has 1 N–H and O–H groups in total. The molecule has 3 aromatic rings. The van der Waals surface area contributed by atoms with Crippen molar-refractivity contribution >= 4 is 16.8 Å². The Hall–Kier alpha value is -2.76. The average molecular weight is 323 g/mol. The molecular weight excluding hydrogens is 302 g/mol. The maximum atomic E-state index is 12.7. The summed E-state index contributed by atoms with van der Waals surface area (Å²) in [6.45, 7) is 4.59. The van der Waals surface area contributed by atoms with E-state index in [-0.39, 0.29) is 5.91 Å². The molecule has 6 nitrogen and oxygen atoms in total. The molecule has 0 bridgehead atoms. The molecule has 0 aliphatic carbocycles. The number of nitrogens with zero attached hydrogens (tertiary/aromatic N) is 4. The summed E-state index contributed by atoms with van der Waals surface area (Å²) in [6.07, 6.45) is 2.46. The summed E-state index contributed by atoms with van der Waals surface area (Å²) in [4.78, 5) is 21.5. The van der Waals surface area contributed by atoms with Crippen molar-refractivity contribution in [1.29, 1.82) is 0 Å². The van der Waals surface area contributed by atoms with Gasteiger partial charge < -0.3 is 5.32 Å². The van der Waals surface area contributed by atoms with Gasteiger partial charge in [-0.1, -0.05) is 32.0 Å². The van der Waals surface area contributed by atoms with Crippen LogP contribution in [0.25, 0.3) is 10.9 Å². The van der Waals surface area contributed by atoms with Crippen molar-refractivity contribution in [2.45, 2.75) is 26.8 Å². The second-order valence-electron chi connectivity index (χ2n) is 6.29. The number of carbonyl (C=O) groups excluding carboxylic acids is 1. The first-order valence-corrected chi connectivity index (χ1v) is 8.04.